The molecule has 82 valence electrons. The summed E-state index contributed by atoms with van der Waals surface area (Å²) in [4.78, 5) is 17.7. The van der Waals surface area contributed by atoms with Gasteiger partial charge in [0.15, 0.2) is 0 Å². The number of halogens is 1. The molecule has 1 fully saturated rings. The fraction of sp³-hybridized carbons (Fsp3) is 0.556. The van der Waals surface area contributed by atoms with Gasteiger partial charge in [-0.2, -0.15) is 0 Å². The van der Waals surface area contributed by atoms with Crippen LogP contribution in [0, 0.1) is 0 Å². The van der Waals surface area contributed by atoms with Crippen molar-refractivity contribution in [2.75, 3.05) is 18.4 Å². The largest absolute Gasteiger partial charge is 0.368 e. The fourth-order valence-corrected chi connectivity index (χ4v) is 1.61. The summed E-state index contributed by atoms with van der Waals surface area (Å²) >= 11 is 3.18. The monoisotopic (exact) mass is 272 g/mol. The highest BCUT2D eigenvalue weighted by molar-refractivity contribution is 9.10. The molecule has 1 heterocycles. The second-order valence-electron chi connectivity index (χ2n) is 3.55. The average Bonchev–Trinajstić information content (AvgIpc) is 3.02. The van der Waals surface area contributed by atoms with Gasteiger partial charge in [-0.15, -0.1) is 0 Å². The van der Waals surface area contributed by atoms with Crippen LogP contribution < -0.4 is 16.2 Å². The molecule has 0 unspecified atom stereocenters. The maximum absolute atomic E-state index is 11.2. The van der Waals surface area contributed by atoms with E-state index in [2.05, 4.69) is 36.5 Å². The van der Waals surface area contributed by atoms with Gasteiger partial charge < -0.3 is 15.6 Å². The van der Waals surface area contributed by atoms with Crippen molar-refractivity contribution in [2.45, 2.75) is 18.9 Å². The van der Waals surface area contributed by atoms with E-state index in [-0.39, 0.29) is 5.56 Å². The van der Waals surface area contributed by atoms with E-state index in [9.17, 15) is 4.79 Å². The summed E-state index contributed by atoms with van der Waals surface area (Å²) in [6.07, 6.45) is 3.96. The Morgan fingerprint density at radius 2 is 2.33 bits per heavy atom. The number of aromatic amines is 1. The lowest BCUT2D eigenvalue weighted by Crippen LogP contribution is -2.25. The van der Waals surface area contributed by atoms with Crippen LogP contribution in [0.25, 0.3) is 0 Å². The lowest BCUT2D eigenvalue weighted by Gasteiger charge is -2.06. The van der Waals surface area contributed by atoms with Gasteiger partial charge in [0.25, 0.3) is 5.56 Å². The summed E-state index contributed by atoms with van der Waals surface area (Å²) in [7, 11) is 0. The summed E-state index contributed by atoms with van der Waals surface area (Å²) in [6.45, 7) is 1.66. The predicted molar refractivity (Wildman–Crippen MR) is 62.1 cm³/mol. The van der Waals surface area contributed by atoms with Gasteiger partial charge in [-0.1, -0.05) is 0 Å². The van der Waals surface area contributed by atoms with Gasteiger partial charge in [0.2, 0.25) is 0 Å². The minimum absolute atomic E-state index is 0.164. The Kier molecular flexibility index (Phi) is 3.37. The van der Waals surface area contributed by atoms with Crippen LogP contribution in [-0.4, -0.2) is 29.1 Å². The van der Waals surface area contributed by atoms with E-state index in [1.54, 1.807) is 0 Å². The fourth-order valence-electron chi connectivity index (χ4n) is 1.25. The van der Waals surface area contributed by atoms with Crippen LogP contribution >= 0.6 is 15.9 Å². The number of rotatable bonds is 5. The van der Waals surface area contributed by atoms with Crippen molar-refractivity contribution in [1.82, 2.24) is 15.3 Å². The molecular formula is C9H13BrN4O. The van der Waals surface area contributed by atoms with E-state index < -0.39 is 0 Å². The first-order chi connectivity index (χ1) is 7.27. The van der Waals surface area contributed by atoms with Crippen LogP contribution in [0.4, 0.5) is 5.82 Å². The van der Waals surface area contributed by atoms with Crippen molar-refractivity contribution < 1.29 is 0 Å². The molecule has 0 aliphatic heterocycles. The third kappa shape index (κ3) is 3.04. The molecule has 2 rings (SSSR count). The molecular weight excluding hydrogens is 260 g/mol. The van der Waals surface area contributed by atoms with Gasteiger partial charge in [-0.25, -0.2) is 4.98 Å². The predicted octanol–water partition coefficient (Wildman–Crippen LogP) is 0.696. The maximum atomic E-state index is 11.2. The molecule has 3 N–H and O–H groups in total. The molecule has 0 spiro atoms. The van der Waals surface area contributed by atoms with Crippen LogP contribution in [0.2, 0.25) is 0 Å². The first-order valence-electron chi connectivity index (χ1n) is 4.98. The summed E-state index contributed by atoms with van der Waals surface area (Å²) in [6, 6.07) is 0.711. The molecule has 15 heavy (non-hydrogen) atoms. The van der Waals surface area contributed by atoms with Gasteiger partial charge in [-0.05, 0) is 28.8 Å². The SMILES string of the molecule is O=c1[nH]cnc(NCCNC2CC2)c1Br. The second-order valence-corrected chi connectivity index (χ2v) is 4.34. The summed E-state index contributed by atoms with van der Waals surface area (Å²) in [5.74, 6) is 0.594. The van der Waals surface area contributed by atoms with E-state index in [4.69, 9.17) is 0 Å². The third-order valence-electron chi connectivity index (χ3n) is 2.22. The normalized spacial score (nSPS) is 15.3. The van der Waals surface area contributed by atoms with E-state index in [0.29, 0.717) is 16.3 Å². The first kappa shape index (κ1) is 10.6. The van der Waals surface area contributed by atoms with Gasteiger partial charge in [0, 0.05) is 19.1 Å². The Morgan fingerprint density at radius 1 is 1.53 bits per heavy atom. The molecule has 1 aliphatic carbocycles. The van der Waals surface area contributed by atoms with Crippen LogP contribution in [0.3, 0.4) is 0 Å². The van der Waals surface area contributed by atoms with Gasteiger partial charge in [-0.3, -0.25) is 4.79 Å². The molecule has 6 heteroatoms. The molecule has 0 atom stereocenters. The molecule has 0 radical (unpaired) electrons. The van der Waals surface area contributed by atoms with Gasteiger partial charge in [0.05, 0.1) is 6.33 Å². The molecule has 0 bridgehead atoms. The lowest BCUT2D eigenvalue weighted by atomic mass is 10.5. The standard InChI is InChI=1S/C9H13BrN4O/c10-7-8(13-5-14-9(7)15)12-4-3-11-6-1-2-6/h5-6,11H,1-4H2,(H2,12,13,14,15). The molecule has 0 amide bonds. The molecule has 0 saturated heterocycles. The van der Waals surface area contributed by atoms with Gasteiger partial charge >= 0.3 is 0 Å². The molecule has 1 aromatic heterocycles. The zero-order valence-corrected chi connectivity index (χ0v) is 9.80. The first-order valence-corrected chi connectivity index (χ1v) is 5.77. The Morgan fingerprint density at radius 3 is 3.07 bits per heavy atom. The van der Waals surface area contributed by atoms with Crippen molar-refractivity contribution in [2.24, 2.45) is 0 Å². The Balaban J connectivity index is 1.81. The van der Waals surface area contributed by atoms with Crippen LogP contribution in [-0.2, 0) is 0 Å². The van der Waals surface area contributed by atoms with Crippen molar-refractivity contribution in [1.29, 1.82) is 0 Å². The highest BCUT2D eigenvalue weighted by Gasteiger charge is 2.19. The Bertz CT molecular complexity index is 388. The molecule has 0 aromatic carbocycles. The lowest BCUT2D eigenvalue weighted by molar-refractivity contribution is 0.700. The number of hydrogen-bond acceptors (Lipinski definition) is 4. The van der Waals surface area contributed by atoms with Crippen molar-refractivity contribution in [3.05, 3.63) is 21.2 Å². The van der Waals surface area contributed by atoms with E-state index in [0.717, 1.165) is 13.1 Å². The van der Waals surface area contributed by atoms with Gasteiger partial charge in [0.1, 0.15) is 10.3 Å². The number of hydrogen-bond donors (Lipinski definition) is 3. The minimum atomic E-state index is -0.164. The number of nitrogens with zero attached hydrogens (tertiary/aromatic N) is 1. The van der Waals surface area contributed by atoms with Crippen molar-refractivity contribution in [3.63, 3.8) is 0 Å². The summed E-state index contributed by atoms with van der Waals surface area (Å²) < 4.78 is 0.455. The van der Waals surface area contributed by atoms with Crippen molar-refractivity contribution >= 4 is 21.7 Å². The quantitative estimate of drug-likeness (QED) is 0.691. The van der Waals surface area contributed by atoms with E-state index in [1.165, 1.54) is 19.2 Å². The molecule has 1 aromatic rings. The Hall–Kier alpha value is -0.880. The average molecular weight is 273 g/mol. The van der Waals surface area contributed by atoms with E-state index >= 15 is 0 Å². The molecule has 1 aliphatic rings. The number of H-pyrrole nitrogens is 1. The summed E-state index contributed by atoms with van der Waals surface area (Å²) in [5.41, 5.74) is -0.164. The van der Waals surface area contributed by atoms with E-state index in [1.807, 2.05) is 0 Å². The number of anilines is 1. The van der Waals surface area contributed by atoms with Crippen molar-refractivity contribution in [3.8, 4) is 0 Å². The highest BCUT2D eigenvalue weighted by atomic mass is 79.9. The number of aromatic nitrogens is 2. The Labute approximate surface area is 95.8 Å². The maximum Gasteiger partial charge on any atom is 0.267 e. The highest BCUT2D eigenvalue weighted by Crippen LogP contribution is 2.18. The third-order valence-corrected chi connectivity index (χ3v) is 2.96. The number of nitrogens with one attached hydrogen (secondary N) is 3. The zero-order valence-electron chi connectivity index (χ0n) is 8.22. The summed E-state index contributed by atoms with van der Waals surface area (Å²) in [5, 5.41) is 6.47. The minimum Gasteiger partial charge on any atom is -0.368 e. The smallest absolute Gasteiger partial charge is 0.267 e. The topological polar surface area (TPSA) is 69.8 Å². The van der Waals surface area contributed by atoms with Crippen LogP contribution in [0.1, 0.15) is 12.8 Å². The second kappa shape index (κ2) is 4.76. The molecule has 1 saturated carbocycles. The molecule has 5 nitrogen and oxygen atoms in total. The van der Waals surface area contributed by atoms with Crippen LogP contribution in [0.5, 0.6) is 0 Å². The van der Waals surface area contributed by atoms with Crippen LogP contribution in [0.15, 0.2) is 15.6 Å². The zero-order chi connectivity index (χ0) is 10.7.